The van der Waals surface area contributed by atoms with E-state index in [4.69, 9.17) is 10.5 Å². The van der Waals surface area contributed by atoms with Crippen molar-refractivity contribution in [3.63, 3.8) is 0 Å². The molecule has 0 saturated heterocycles. The zero-order valence-electron chi connectivity index (χ0n) is 11.8. The molecule has 21 heavy (non-hydrogen) atoms. The van der Waals surface area contributed by atoms with Crippen molar-refractivity contribution < 1.29 is 9.53 Å². The number of carbonyl (C=O) groups is 1. The van der Waals surface area contributed by atoms with Crippen molar-refractivity contribution in [3.05, 3.63) is 34.6 Å². The van der Waals surface area contributed by atoms with Gasteiger partial charge in [0.05, 0.1) is 7.11 Å². The first kappa shape index (κ1) is 15.3. The molecule has 0 unspecified atom stereocenters. The lowest BCUT2D eigenvalue weighted by Gasteiger charge is -2.19. The summed E-state index contributed by atoms with van der Waals surface area (Å²) in [5, 5.41) is 3.89. The highest BCUT2D eigenvalue weighted by atomic mass is 79.9. The Morgan fingerprint density at radius 3 is 2.90 bits per heavy atom. The van der Waals surface area contributed by atoms with Crippen molar-refractivity contribution in [1.82, 2.24) is 19.7 Å². The number of methoxy groups -OCH3 is 1. The molecule has 0 radical (unpaired) electrons. The largest absolute Gasteiger partial charge is 0.496 e. The molecule has 1 aromatic carbocycles. The zero-order chi connectivity index (χ0) is 15.4. The van der Waals surface area contributed by atoms with E-state index >= 15 is 0 Å². The van der Waals surface area contributed by atoms with Gasteiger partial charge in [-0.25, -0.2) is 9.67 Å². The Bertz CT molecular complexity index is 643. The summed E-state index contributed by atoms with van der Waals surface area (Å²) in [6.45, 7) is 0.530. The summed E-state index contributed by atoms with van der Waals surface area (Å²) in [4.78, 5) is 17.5. The van der Waals surface area contributed by atoms with Crippen LogP contribution in [0.3, 0.4) is 0 Å². The Morgan fingerprint density at radius 2 is 2.29 bits per heavy atom. The van der Waals surface area contributed by atoms with E-state index < -0.39 is 0 Å². The SMILES string of the molecule is COc1ccc(Br)cc1CN(C)C(=O)Cn1cnc(N)n1. The first-order chi connectivity index (χ1) is 9.99. The van der Waals surface area contributed by atoms with Gasteiger partial charge in [0.25, 0.3) is 0 Å². The molecule has 7 nitrogen and oxygen atoms in total. The molecule has 2 aromatic rings. The average Bonchev–Trinajstić information content (AvgIpc) is 2.84. The Hall–Kier alpha value is -2.09. The monoisotopic (exact) mass is 353 g/mol. The van der Waals surface area contributed by atoms with Gasteiger partial charge in [-0.15, -0.1) is 5.10 Å². The topological polar surface area (TPSA) is 86.3 Å². The standard InChI is InChI=1S/C13H16BrN5O2/c1-18(12(20)7-19-8-16-13(15)17-19)6-9-5-10(14)3-4-11(9)21-2/h3-5,8H,6-7H2,1-2H3,(H2,15,17). The number of anilines is 1. The van der Waals surface area contributed by atoms with Crippen LogP contribution in [0, 0.1) is 0 Å². The predicted molar refractivity (Wildman–Crippen MR) is 81.6 cm³/mol. The molecule has 0 aliphatic heterocycles. The highest BCUT2D eigenvalue weighted by molar-refractivity contribution is 9.10. The molecule has 2 rings (SSSR count). The molecular formula is C13H16BrN5O2. The molecule has 0 atom stereocenters. The third-order valence-corrected chi connectivity index (χ3v) is 3.42. The third kappa shape index (κ3) is 3.94. The van der Waals surface area contributed by atoms with Crippen LogP contribution in [-0.4, -0.2) is 39.7 Å². The molecule has 1 heterocycles. The Labute approximate surface area is 130 Å². The van der Waals surface area contributed by atoms with Gasteiger partial charge in [-0.2, -0.15) is 0 Å². The minimum absolute atomic E-state index is 0.0943. The van der Waals surface area contributed by atoms with E-state index in [-0.39, 0.29) is 18.4 Å². The number of carbonyl (C=O) groups excluding carboxylic acids is 1. The maximum absolute atomic E-state index is 12.2. The number of nitrogens with zero attached hydrogens (tertiary/aromatic N) is 4. The molecule has 1 aromatic heterocycles. The van der Waals surface area contributed by atoms with E-state index in [0.717, 1.165) is 15.8 Å². The van der Waals surface area contributed by atoms with Crippen LogP contribution in [0.15, 0.2) is 29.0 Å². The van der Waals surface area contributed by atoms with Crippen LogP contribution < -0.4 is 10.5 Å². The fourth-order valence-corrected chi connectivity index (χ4v) is 2.27. The summed E-state index contributed by atoms with van der Waals surface area (Å²) in [5.41, 5.74) is 6.34. The van der Waals surface area contributed by atoms with Crippen LogP contribution >= 0.6 is 15.9 Å². The minimum Gasteiger partial charge on any atom is -0.496 e. The zero-order valence-corrected chi connectivity index (χ0v) is 13.4. The number of halogens is 1. The molecule has 112 valence electrons. The highest BCUT2D eigenvalue weighted by Gasteiger charge is 2.13. The van der Waals surface area contributed by atoms with Gasteiger partial charge >= 0.3 is 0 Å². The molecular weight excluding hydrogens is 338 g/mol. The smallest absolute Gasteiger partial charge is 0.244 e. The summed E-state index contributed by atoms with van der Waals surface area (Å²) >= 11 is 3.41. The van der Waals surface area contributed by atoms with Crippen molar-refractivity contribution in [2.24, 2.45) is 0 Å². The summed E-state index contributed by atoms with van der Waals surface area (Å²) in [6, 6.07) is 5.67. The molecule has 0 fully saturated rings. The fourth-order valence-electron chi connectivity index (χ4n) is 1.86. The summed E-state index contributed by atoms with van der Waals surface area (Å²) in [7, 11) is 3.33. The van der Waals surface area contributed by atoms with Crippen molar-refractivity contribution in [3.8, 4) is 5.75 Å². The first-order valence-electron chi connectivity index (χ1n) is 6.21. The van der Waals surface area contributed by atoms with E-state index in [9.17, 15) is 4.79 Å². The Morgan fingerprint density at radius 1 is 1.52 bits per heavy atom. The molecule has 0 aliphatic carbocycles. The quantitative estimate of drug-likeness (QED) is 0.875. The second-order valence-electron chi connectivity index (χ2n) is 4.51. The van der Waals surface area contributed by atoms with Crippen molar-refractivity contribution in [1.29, 1.82) is 0 Å². The molecule has 8 heteroatoms. The van der Waals surface area contributed by atoms with Gasteiger partial charge < -0.3 is 15.4 Å². The molecule has 2 N–H and O–H groups in total. The highest BCUT2D eigenvalue weighted by Crippen LogP contribution is 2.24. The third-order valence-electron chi connectivity index (χ3n) is 2.93. The van der Waals surface area contributed by atoms with Crippen molar-refractivity contribution in [2.45, 2.75) is 13.1 Å². The fraction of sp³-hybridized carbons (Fsp3) is 0.308. The lowest BCUT2D eigenvalue weighted by Crippen LogP contribution is -2.30. The average molecular weight is 354 g/mol. The summed E-state index contributed by atoms with van der Waals surface area (Å²) in [5.74, 6) is 0.795. The van der Waals surface area contributed by atoms with Crippen LogP contribution in [0.2, 0.25) is 0 Å². The van der Waals surface area contributed by atoms with E-state index in [1.165, 1.54) is 11.0 Å². The number of amides is 1. The Balaban J connectivity index is 2.05. The van der Waals surface area contributed by atoms with Crippen molar-refractivity contribution >= 4 is 27.8 Å². The van der Waals surface area contributed by atoms with E-state index in [1.807, 2.05) is 18.2 Å². The minimum atomic E-state index is -0.0954. The number of benzene rings is 1. The number of aromatic nitrogens is 3. The first-order valence-corrected chi connectivity index (χ1v) is 7.00. The normalized spacial score (nSPS) is 10.4. The van der Waals surface area contributed by atoms with Gasteiger partial charge in [0.15, 0.2) is 0 Å². The van der Waals surface area contributed by atoms with Crippen LogP contribution in [0.25, 0.3) is 0 Å². The van der Waals surface area contributed by atoms with Crippen molar-refractivity contribution in [2.75, 3.05) is 19.9 Å². The lowest BCUT2D eigenvalue weighted by atomic mass is 10.2. The number of nitrogen functional groups attached to an aromatic ring is 1. The molecule has 0 spiro atoms. The van der Waals surface area contributed by atoms with Gasteiger partial charge in [-0.1, -0.05) is 15.9 Å². The molecule has 0 saturated carbocycles. The van der Waals surface area contributed by atoms with Gasteiger partial charge in [0.1, 0.15) is 18.6 Å². The second kappa shape index (κ2) is 6.57. The van der Waals surface area contributed by atoms with Gasteiger partial charge in [-0.3, -0.25) is 4.79 Å². The van der Waals surface area contributed by atoms with E-state index in [0.29, 0.717) is 6.54 Å². The predicted octanol–water partition coefficient (Wildman–Crippen LogP) is 1.29. The van der Waals surface area contributed by atoms with E-state index in [1.54, 1.807) is 19.1 Å². The maximum Gasteiger partial charge on any atom is 0.244 e. The lowest BCUT2D eigenvalue weighted by molar-refractivity contribution is -0.131. The number of hydrogen-bond donors (Lipinski definition) is 1. The second-order valence-corrected chi connectivity index (χ2v) is 5.42. The molecule has 0 bridgehead atoms. The number of ether oxygens (including phenoxy) is 1. The number of nitrogens with two attached hydrogens (primary N) is 1. The van der Waals surface area contributed by atoms with E-state index in [2.05, 4.69) is 26.0 Å². The molecule has 1 amide bonds. The van der Waals surface area contributed by atoms with Crippen LogP contribution in [0.5, 0.6) is 5.75 Å². The molecule has 0 aliphatic rings. The van der Waals surface area contributed by atoms with Gasteiger partial charge in [0, 0.05) is 23.6 Å². The Kier molecular flexibility index (Phi) is 4.79. The van der Waals surface area contributed by atoms with Crippen LogP contribution in [0.4, 0.5) is 5.95 Å². The summed E-state index contributed by atoms with van der Waals surface area (Å²) < 4.78 is 7.64. The van der Waals surface area contributed by atoms with Crippen LogP contribution in [-0.2, 0) is 17.9 Å². The van der Waals surface area contributed by atoms with Gasteiger partial charge in [-0.05, 0) is 18.2 Å². The number of likely N-dealkylation sites (N-methyl/N-ethyl adjacent to an activating group) is 1. The summed E-state index contributed by atoms with van der Waals surface area (Å²) in [6.07, 6.45) is 1.43. The van der Waals surface area contributed by atoms with Crippen LogP contribution in [0.1, 0.15) is 5.56 Å². The number of rotatable bonds is 5. The number of hydrogen-bond acceptors (Lipinski definition) is 5. The maximum atomic E-state index is 12.2. The van der Waals surface area contributed by atoms with Gasteiger partial charge in [0.2, 0.25) is 11.9 Å².